The first kappa shape index (κ1) is 16.0. The van der Waals surface area contributed by atoms with Crippen LogP contribution in [0.3, 0.4) is 0 Å². The molecule has 2 rings (SSSR count). The Hall–Kier alpha value is -1.37. The van der Waals surface area contributed by atoms with Gasteiger partial charge < -0.3 is 14.2 Å². The number of esters is 1. The Labute approximate surface area is 135 Å². The molecule has 21 heavy (non-hydrogen) atoms. The van der Waals surface area contributed by atoms with Crippen LogP contribution < -0.4 is 4.74 Å². The number of carbonyl (C=O) groups excluding carboxylic acids is 1. The van der Waals surface area contributed by atoms with Crippen molar-refractivity contribution in [2.75, 3.05) is 20.3 Å². The molecule has 4 nitrogen and oxygen atoms in total. The van der Waals surface area contributed by atoms with E-state index >= 15 is 0 Å². The van der Waals surface area contributed by atoms with E-state index in [0.29, 0.717) is 24.5 Å². The second-order valence-electron chi connectivity index (χ2n) is 4.20. The molecule has 0 saturated heterocycles. The summed E-state index contributed by atoms with van der Waals surface area (Å²) in [6.07, 6.45) is 0. The van der Waals surface area contributed by atoms with Crippen molar-refractivity contribution in [2.45, 2.75) is 6.61 Å². The van der Waals surface area contributed by atoms with E-state index in [1.807, 2.05) is 11.4 Å². The van der Waals surface area contributed by atoms with Crippen LogP contribution in [0.15, 0.2) is 39.5 Å². The van der Waals surface area contributed by atoms with E-state index in [1.54, 1.807) is 42.7 Å². The normalized spacial score (nSPS) is 10.4. The molecule has 0 aliphatic rings. The highest BCUT2D eigenvalue weighted by molar-refractivity contribution is 9.11. The maximum absolute atomic E-state index is 12.0. The molecule has 2 aromatic rings. The number of carbonyl (C=O) groups is 1. The summed E-state index contributed by atoms with van der Waals surface area (Å²) in [6.45, 7) is 1.20. The number of benzene rings is 1. The minimum atomic E-state index is -0.366. The fourth-order valence-electron chi connectivity index (χ4n) is 1.61. The van der Waals surface area contributed by atoms with Crippen molar-refractivity contribution in [3.8, 4) is 5.75 Å². The lowest BCUT2D eigenvalue weighted by Crippen LogP contribution is -2.07. The van der Waals surface area contributed by atoms with Crippen LogP contribution in [0.25, 0.3) is 0 Å². The van der Waals surface area contributed by atoms with Crippen LogP contribution in [0.1, 0.15) is 15.9 Å². The van der Waals surface area contributed by atoms with Crippen LogP contribution in [-0.2, 0) is 16.1 Å². The Bertz CT molecular complexity index is 597. The average molecular weight is 371 g/mol. The molecule has 0 spiro atoms. The van der Waals surface area contributed by atoms with Gasteiger partial charge in [-0.3, -0.25) is 0 Å². The Morgan fingerprint density at radius 3 is 2.86 bits per heavy atom. The van der Waals surface area contributed by atoms with Crippen molar-refractivity contribution < 1.29 is 19.0 Å². The number of hydrogen-bond donors (Lipinski definition) is 0. The Balaban J connectivity index is 1.90. The summed E-state index contributed by atoms with van der Waals surface area (Å²) in [4.78, 5) is 12.0. The maximum Gasteiger partial charge on any atom is 0.338 e. The van der Waals surface area contributed by atoms with Crippen LogP contribution in [0.4, 0.5) is 0 Å². The molecule has 1 aromatic carbocycles. The number of rotatable bonds is 7. The van der Waals surface area contributed by atoms with Gasteiger partial charge in [0.05, 0.1) is 16.0 Å². The molecule has 0 saturated carbocycles. The molecule has 0 amide bonds. The van der Waals surface area contributed by atoms with E-state index in [2.05, 4.69) is 15.9 Å². The molecule has 0 N–H and O–H groups in total. The summed E-state index contributed by atoms with van der Waals surface area (Å²) in [5.41, 5.74) is 1.44. The molecule has 1 heterocycles. The van der Waals surface area contributed by atoms with Gasteiger partial charge in [0.15, 0.2) is 0 Å². The van der Waals surface area contributed by atoms with Gasteiger partial charge in [-0.25, -0.2) is 4.79 Å². The smallest absolute Gasteiger partial charge is 0.338 e. The summed E-state index contributed by atoms with van der Waals surface area (Å²) in [5, 5.41) is 1.95. The van der Waals surface area contributed by atoms with E-state index in [9.17, 15) is 4.79 Å². The number of hydrogen-bond acceptors (Lipinski definition) is 5. The van der Waals surface area contributed by atoms with Crippen LogP contribution in [0.2, 0.25) is 0 Å². The zero-order chi connectivity index (χ0) is 15.1. The topological polar surface area (TPSA) is 44.8 Å². The predicted octanol–water partition coefficient (Wildman–Crippen LogP) is 3.89. The van der Waals surface area contributed by atoms with Crippen LogP contribution in [0.5, 0.6) is 5.75 Å². The zero-order valence-corrected chi connectivity index (χ0v) is 13.9. The Kier molecular flexibility index (Phi) is 6.22. The second-order valence-corrected chi connectivity index (χ2v) is 6.49. The first-order valence-corrected chi connectivity index (χ1v) is 7.98. The molecular weight excluding hydrogens is 356 g/mol. The third kappa shape index (κ3) is 5.15. The molecule has 0 aliphatic carbocycles. The fraction of sp³-hybridized carbons (Fsp3) is 0.267. The molecule has 6 heteroatoms. The van der Waals surface area contributed by atoms with E-state index in [1.165, 1.54) is 0 Å². The van der Waals surface area contributed by atoms with Gasteiger partial charge in [-0.05, 0) is 45.6 Å². The SMILES string of the molecule is COCCOc1cccc(C(=O)OCc2csc(Br)c2)c1. The third-order valence-electron chi connectivity index (χ3n) is 2.62. The van der Waals surface area contributed by atoms with Crippen molar-refractivity contribution in [1.82, 2.24) is 0 Å². The molecule has 0 atom stereocenters. The summed E-state index contributed by atoms with van der Waals surface area (Å²) in [5.74, 6) is 0.259. The number of halogens is 1. The average Bonchev–Trinajstić information content (AvgIpc) is 2.91. The zero-order valence-electron chi connectivity index (χ0n) is 11.5. The van der Waals surface area contributed by atoms with Gasteiger partial charge in [0, 0.05) is 12.7 Å². The van der Waals surface area contributed by atoms with Crippen LogP contribution >= 0.6 is 27.3 Å². The molecular formula is C15H15BrO4S. The molecule has 112 valence electrons. The lowest BCUT2D eigenvalue weighted by molar-refractivity contribution is 0.0472. The molecule has 1 aromatic heterocycles. The Morgan fingerprint density at radius 1 is 1.29 bits per heavy atom. The summed E-state index contributed by atoms with van der Waals surface area (Å²) in [6, 6.07) is 8.86. The molecule has 0 bridgehead atoms. The highest BCUT2D eigenvalue weighted by Crippen LogP contribution is 2.21. The van der Waals surface area contributed by atoms with E-state index < -0.39 is 0 Å². The summed E-state index contributed by atoms with van der Waals surface area (Å²) in [7, 11) is 1.61. The Morgan fingerprint density at radius 2 is 2.14 bits per heavy atom. The van der Waals surface area contributed by atoms with Gasteiger partial charge in [0.25, 0.3) is 0 Å². The second kappa shape index (κ2) is 8.17. The first-order chi connectivity index (χ1) is 10.2. The minimum absolute atomic E-state index is 0.260. The third-order valence-corrected chi connectivity index (χ3v) is 4.17. The van der Waals surface area contributed by atoms with E-state index in [4.69, 9.17) is 14.2 Å². The highest BCUT2D eigenvalue weighted by atomic mass is 79.9. The largest absolute Gasteiger partial charge is 0.491 e. The minimum Gasteiger partial charge on any atom is -0.491 e. The van der Waals surface area contributed by atoms with Crippen molar-refractivity contribution >= 4 is 33.2 Å². The highest BCUT2D eigenvalue weighted by Gasteiger charge is 2.09. The van der Waals surface area contributed by atoms with Crippen molar-refractivity contribution in [3.63, 3.8) is 0 Å². The first-order valence-electron chi connectivity index (χ1n) is 6.31. The van der Waals surface area contributed by atoms with Gasteiger partial charge in [0.2, 0.25) is 0 Å². The molecule has 0 aliphatic heterocycles. The van der Waals surface area contributed by atoms with Crippen molar-refractivity contribution in [1.29, 1.82) is 0 Å². The molecule has 0 unspecified atom stereocenters. The molecule has 0 fully saturated rings. The molecule has 0 radical (unpaired) electrons. The maximum atomic E-state index is 12.0. The number of thiophene rings is 1. The summed E-state index contributed by atoms with van der Waals surface area (Å²) >= 11 is 4.93. The van der Waals surface area contributed by atoms with Crippen LogP contribution in [0, 0.1) is 0 Å². The number of ether oxygens (including phenoxy) is 3. The fourth-order valence-corrected chi connectivity index (χ4v) is 2.80. The lowest BCUT2D eigenvalue weighted by atomic mass is 10.2. The van der Waals surface area contributed by atoms with Gasteiger partial charge >= 0.3 is 5.97 Å². The van der Waals surface area contributed by atoms with Gasteiger partial charge in [-0.1, -0.05) is 6.07 Å². The predicted molar refractivity (Wildman–Crippen MR) is 85.0 cm³/mol. The van der Waals surface area contributed by atoms with Crippen LogP contribution in [-0.4, -0.2) is 26.3 Å². The quantitative estimate of drug-likeness (QED) is 0.547. The van der Waals surface area contributed by atoms with E-state index in [0.717, 1.165) is 9.35 Å². The summed E-state index contributed by atoms with van der Waals surface area (Å²) < 4.78 is 16.7. The van der Waals surface area contributed by atoms with Gasteiger partial charge in [0.1, 0.15) is 19.0 Å². The van der Waals surface area contributed by atoms with Crippen molar-refractivity contribution in [3.05, 3.63) is 50.6 Å². The van der Waals surface area contributed by atoms with Gasteiger partial charge in [-0.15, -0.1) is 11.3 Å². The monoisotopic (exact) mass is 370 g/mol. The lowest BCUT2D eigenvalue weighted by Gasteiger charge is -2.07. The van der Waals surface area contributed by atoms with Crippen molar-refractivity contribution in [2.24, 2.45) is 0 Å². The van der Waals surface area contributed by atoms with E-state index in [-0.39, 0.29) is 12.6 Å². The number of methoxy groups -OCH3 is 1. The standard InChI is InChI=1S/C15H15BrO4S/c1-18-5-6-19-13-4-2-3-12(8-13)15(17)20-9-11-7-14(16)21-10-11/h2-4,7-8,10H,5-6,9H2,1H3. The van der Waals surface area contributed by atoms with Gasteiger partial charge in [-0.2, -0.15) is 0 Å².